The third kappa shape index (κ3) is 11.0. The van der Waals surface area contributed by atoms with Crippen molar-refractivity contribution < 1.29 is 9.90 Å². The van der Waals surface area contributed by atoms with Crippen LogP contribution in [0.5, 0.6) is 5.75 Å². The fourth-order valence-corrected chi connectivity index (χ4v) is 3.97. The lowest BCUT2D eigenvalue weighted by molar-refractivity contribution is -0.123. The number of amides is 1. The summed E-state index contributed by atoms with van der Waals surface area (Å²) in [5.41, 5.74) is 8.45. The van der Waals surface area contributed by atoms with Gasteiger partial charge in [-0.1, -0.05) is 88.2 Å². The SMILES string of the molecule is CCCC[C@H](N)CNC(=O)[C@H](Cc1ccc(O)cc1)N[C@H](/C=C\Cc1ccccc1)CC(C)C. The molecule has 3 atom stereocenters. The molecule has 0 spiro atoms. The van der Waals surface area contributed by atoms with Gasteiger partial charge in [-0.05, 0) is 54.9 Å². The molecule has 34 heavy (non-hydrogen) atoms. The van der Waals surface area contributed by atoms with Gasteiger partial charge in [-0.15, -0.1) is 0 Å². The Kier molecular flexibility index (Phi) is 12.4. The average molecular weight is 466 g/mol. The van der Waals surface area contributed by atoms with Crippen LogP contribution in [0.4, 0.5) is 0 Å². The first-order valence-electron chi connectivity index (χ1n) is 12.6. The number of allylic oxidation sites excluding steroid dienone is 1. The van der Waals surface area contributed by atoms with Gasteiger partial charge in [0.25, 0.3) is 0 Å². The van der Waals surface area contributed by atoms with Crippen molar-refractivity contribution in [3.63, 3.8) is 0 Å². The normalized spacial score (nSPS) is 14.3. The maximum Gasteiger partial charge on any atom is 0.237 e. The fourth-order valence-electron chi connectivity index (χ4n) is 3.97. The highest BCUT2D eigenvalue weighted by Gasteiger charge is 2.22. The second-order valence-electron chi connectivity index (χ2n) is 9.59. The molecule has 2 rings (SSSR count). The van der Waals surface area contributed by atoms with Crippen molar-refractivity contribution in [2.75, 3.05) is 6.54 Å². The van der Waals surface area contributed by atoms with Gasteiger partial charge in [-0.25, -0.2) is 0 Å². The number of aromatic hydroxyl groups is 1. The van der Waals surface area contributed by atoms with Crippen LogP contribution >= 0.6 is 0 Å². The first-order chi connectivity index (χ1) is 16.4. The molecule has 0 aromatic heterocycles. The summed E-state index contributed by atoms with van der Waals surface area (Å²) < 4.78 is 0. The highest BCUT2D eigenvalue weighted by Crippen LogP contribution is 2.14. The molecule has 0 bridgehead atoms. The maximum atomic E-state index is 13.2. The molecule has 0 heterocycles. The Morgan fingerprint density at radius 2 is 1.76 bits per heavy atom. The number of hydrogen-bond donors (Lipinski definition) is 4. The van der Waals surface area contributed by atoms with Crippen LogP contribution in [0.2, 0.25) is 0 Å². The van der Waals surface area contributed by atoms with Crippen molar-refractivity contribution in [1.29, 1.82) is 0 Å². The molecule has 0 aliphatic rings. The lowest BCUT2D eigenvalue weighted by Crippen LogP contribution is -2.51. The standard InChI is InChI=1S/C29H43N3O2/c1-4-5-13-25(30)21-31-29(34)28(20-24-15-17-27(33)18-16-24)32-26(19-22(2)3)14-9-12-23-10-7-6-8-11-23/h6-11,14-18,22,25-26,28,32-33H,4-5,12-13,19-21,30H2,1-3H3,(H,31,34)/b14-9-/t25-,26+,28-/m0/s1. The number of unbranched alkanes of at least 4 members (excludes halogenated alkanes) is 1. The summed E-state index contributed by atoms with van der Waals surface area (Å²) in [6, 6.07) is 17.1. The Balaban J connectivity index is 2.10. The smallest absolute Gasteiger partial charge is 0.237 e. The van der Waals surface area contributed by atoms with Gasteiger partial charge in [-0.2, -0.15) is 0 Å². The number of phenolic OH excluding ortho intramolecular Hbond substituents is 1. The zero-order valence-electron chi connectivity index (χ0n) is 21.0. The Labute approximate surface area is 205 Å². The Morgan fingerprint density at radius 3 is 2.41 bits per heavy atom. The van der Waals surface area contributed by atoms with Crippen LogP contribution in [0.25, 0.3) is 0 Å². The molecule has 1 amide bonds. The predicted molar refractivity (Wildman–Crippen MR) is 142 cm³/mol. The molecule has 5 nitrogen and oxygen atoms in total. The maximum absolute atomic E-state index is 13.2. The van der Waals surface area contributed by atoms with Crippen molar-refractivity contribution >= 4 is 5.91 Å². The third-order valence-corrected chi connectivity index (χ3v) is 5.86. The van der Waals surface area contributed by atoms with Crippen LogP contribution in [-0.2, 0) is 17.6 Å². The van der Waals surface area contributed by atoms with Gasteiger partial charge in [0.1, 0.15) is 5.75 Å². The van der Waals surface area contributed by atoms with Crippen LogP contribution in [0.1, 0.15) is 57.6 Å². The first kappa shape index (κ1) is 27.6. The number of hydrogen-bond acceptors (Lipinski definition) is 4. The Morgan fingerprint density at radius 1 is 1.06 bits per heavy atom. The second kappa shape index (κ2) is 15.3. The highest BCUT2D eigenvalue weighted by atomic mass is 16.3. The molecule has 186 valence electrons. The molecule has 2 aromatic rings. The van der Waals surface area contributed by atoms with E-state index in [1.165, 1.54) is 5.56 Å². The van der Waals surface area contributed by atoms with Gasteiger partial charge in [-0.3, -0.25) is 10.1 Å². The zero-order chi connectivity index (χ0) is 24.8. The molecule has 0 fully saturated rings. The van der Waals surface area contributed by atoms with E-state index in [-0.39, 0.29) is 23.7 Å². The lowest BCUT2D eigenvalue weighted by atomic mass is 9.99. The van der Waals surface area contributed by atoms with Crippen molar-refractivity contribution in [1.82, 2.24) is 10.6 Å². The van der Waals surface area contributed by atoms with E-state index in [9.17, 15) is 9.90 Å². The van der Waals surface area contributed by atoms with Gasteiger partial charge in [0.05, 0.1) is 6.04 Å². The number of benzene rings is 2. The summed E-state index contributed by atoms with van der Waals surface area (Å²) in [7, 11) is 0. The quantitative estimate of drug-likeness (QED) is 0.286. The largest absolute Gasteiger partial charge is 0.508 e. The molecule has 5 N–H and O–H groups in total. The zero-order valence-corrected chi connectivity index (χ0v) is 21.0. The summed E-state index contributed by atoms with van der Waals surface area (Å²) in [5.74, 6) is 0.671. The number of carbonyl (C=O) groups excluding carboxylic acids is 1. The summed E-state index contributed by atoms with van der Waals surface area (Å²) in [6.45, 7) is 7.01. The first-order valence-corrected chi connectivity index (χ1v) is 12.6. The monoisotopic (exact) mass is 465 g/mol. The highest BCUT2D eigenvalue weighted by molar-refractivity contribution is 5.82. The van der Waals surface area contributed by atoms with E-state index in [1.54, 1.807) is 12.1 Å². The minimum absolute atomic E-state index is 0.0320. The lowest BCUT2D eigenvalue weighted by Gasteiger charge is -2.25. The number of nitrogens with one attached hydrogen (secondary N) is 2. The molecule has 0 aliphatic heterocycles. The molecular weight excluding hydrogens is 422 g/mol. The van der Waals surface area contributed by atoms with Crippen molar-refractivity contribution in [2.45, 2.75) is 77.4 Å². The molecule has 0 saturated heterocycles. The minimum atomic E-state index is -0.395. The van der Waals surface area contributed by atoms with Gasteiger partial charge >= 0.3 is 0 Å². The molecule has 0 saturated carbocycles. The molecule has 0 unspecified atom stereocenters. The summed E-state index contributed by atoms with van der Waals surface area (Å²) >= 11 is 0. The topological polar surface area (TPSA) is 87.4 Å². The van der Waals surface area contributed by atoms with Crippen molar-refractivity contribution in [3.8, 4) is 5.75 Å². The summed E-state index contributed by atoms with van der Waals surface area (Å²) in [5, 5.41) is 16.3. The van der Waals surface area contributed by atoms with E-state index in [0.717, 1.165) is 37.7 Å². The van der Waals surface area contributed by atoms with Crippen molar-refractivity contribution in [2.24, 2.45) is 11.7 Å². The third-order valence-electron chi connectivity index (χ3n) is 5.86. The molecule has 0 aliphatic carbocycles. The summed E-state index contributed by atoms with van der Waals surface area (Å²) in [4.78, 5) is 13.2. The van der Waals surface area contributed by atoms with Gasteiger partial charge in [0.15, 0.2) is 0 Å². The van der Waals surface area contributed by atoms with E-state index in [4.69, 9.17) is 5.73 Å². The van der Waals surface area contributed by atoms with Gasteiger partial charge in [0, 0.05) is 18.6 Å². The minimum Gasteiger partial charge on any atom is -0.508 e. The predicted octanol–water partition coefficient (Wildman–Crippen LogP) is 4.74. The van der Waals surface area contributed by atoms with Crippen LogP contribution in [0, 0.1) is 5.92 Å². The fraction of sp³-hybridized carbons (Fsp3) is 0.483. The second-order valence-corrected chi connectivity index (χ2v) is 9.59. The number of carbonyl (C=O) groups is 1. The molecular formula is C29H43N3O2. The number of nitrogens with two attached hydrogens (primary N) is 1. The molecule has 0 radical (unpaired) electrons. The Hall–Kier alpha value is -2.63. The number of phenols is 1. The van der Waals surface area contributed by atoms with Crippen LogP contribution in [0.15, 0.2) is 66.7 Å². The van der Waals surface area contributed by atoms with Crippen LogP contribution < -0.4 is 16.4 Å². The Bertz CT molecular complexity index is 849. The van der Waals surface area contributed by atoms with Crippen LogP contribution in [0.3, 0.4) is 0 Å². The number of rotatable bonds is 15. The van der Waals surface area contributed by atoms with Crippen LogP contribution in [-0.4, -0.2) is 35.7 Å². The van der Waals surface area contributed by atoms with E-state index < -0.39 is 6.04 Å². The van der Waals surface area contributed by atoms with E-state index in [0.29, 0.717) is 18.9 Å². The average Bonchev–Trinajstić information content (AvgIpc) is 2.82. The van der Waals surface area contributed by atoms with Gasteiger partial charge < -0.3 is 16.2 Å². The molecule has 5 heteroatoms. The van der Waals surface area contributed by atoms with E-state index >= 15 is 0 Å². The summed E-state index contributed by atoms with van der Waals surface area (Å²) in [6.07, 6.45) is 9.78. The van der Waals surface area contributed by atoms with Gasteiger partial charge in [0.2, 0.25) is 5.91 Å². The van der Waals surface area contributed by atoms with E-state index in [1.807, 2.05) is 18.2 Å². The van der Waals surface area contributed by atoms with E-state index in [2.05, 4.69) is 67.8 Å². The molecule has 2 aromatic carbocycles. The van der Waals surface area contributed by atoms with Crippen molar-refractivity contribution in [3.05, 3.63) is 77.9 Å².